The van der Waals surface area contributed by atoms with Crippen LogP contribution in [0.4, 0.5) is 0 Å². The van der Waals surface area contributed by atoms with Crippen LogP contribution >= 0.6 is 0 Å². The van der Waals surface area contributed by atoms with Gasteiger partial charge in [0.05, 0.1) is 52.9 Å². The van der Waals surface area contributed by atoms with E-state index in [0.717, 1.165) is 11.1 Å². The van der Waals surface area contributed by atoms with Crippen molar-refractivity contribution in [1.82, 2.24) is 0 Å². The van der Waals surface area contributed by atoms with Crippen molar-refractivity contribution >= 4 is 0 Å². The predicted octanol–water partition coefficient (Wildman–Crippen LogP) is -0.244. The van der Waals surface area contributed by atoms with Gasteiger partial charge < -0.3 is 152 Å². The minimum Gasteiger partial charge on any atom is -0.382 e. The van der Waals surface area contributed by atoms with E-state index >= 15 is 0 Å². The van der Waals surface area contributed by atoms with Crippen molar-refractivity contribution in [2.75, 3.05) is 168 Å². The maximum absolute atomic E-state index is 13.0. The first-order valence-corrected chi connectivity index (χ1v) is 31.2. The molecule has 14 bridgehead atoms. The molecule has 22 rings (SSSR count). The van der Waals surface area contributed by atoms with E-state index in [1.165, 1.54) is 114 Å². The van der Waals surface area contributed by atoms with Gasteiger partial charge in [0.2, 0.25) is 5.79 Å². The van der Waals surface area contributed by atoms with Gasteiger partial charge in [0.1, 0.15) is 140 Å². The van der Waals surface area contributed by atoms with E-state index in [-0.39, 0.29) is 52.9 Å². The lowest BCUT2D eigenvalue weighted by molar-refractivity contribution is -0.450. The molecule has 32 nitrogen and oxygen atoms in total. The highest BCUT2D eigenvalue weighted by atomic mass is 16.8. The van der Waals surface area contributed by atoms with Crippen molar-refractivity contribution in [1.29, 1.82) is 0 Å². The highest BCUT2D eigenvalue weighted by Gasteiger charge is 2.63. The topological polar surface area (TPSA) is 306 Å². The molecule has 21 aliphatic heterocycles. The van der Waals surface area contributed by atoms with Crippen molar-refractivity contribution in [3.63, 3.8) is 0 Å². The normalized spacial score (nSPS) is 43.6. The van der Waals surface area contributed by atoms with Gasteiger partial charge in [-0.05, 0) is 11.1 Å². The molecule has 0 aromatic heterocycles. The Balaban J connectivity index is 1.18. The van der Waals surface area contributed by atoms with Gasteiger partial charge in [0, 0.05) is 128 Å². The maximum Gasteiger partial charge on any atom is 0.227 e. The molecule has 30 atom stereocenters. The summed E-state index contributed by atoms with van der Waals surface area (Å²) in [5, 5.41) is 13.0. The highest BCUT2D eigenvalue weighted by Crippen LogP contribution is 2.43. The van der Waals surface area contributed by atoms with Crippen molar-refractivity contribution in [3.8, 4) is 0 Å². The Labute approximate surface area is 550 Å². The standard InChI is InChI=1S/C62H104O32/c1-64-25-33-39-44(70-7)49(75-12)57(84-33)90-40-34(26-65-2)85-58(50(76-13)45(40)71-8)91-41-35(27-66-3)86-59(51(77-14)46(41)72-9)92-42-36(28-67-4)87-60(52(78-15)47(42)73-10)93-43-37(29-68-5)88-61(53(79-16)48(43)74-11)94-62(63)38(30-69-6)89-56(54(80-17)55(62)81-18)83-24-32-21-19-31(20-22-32)23-82-39/h19-22,33-61,63H,23-30H2,1-18H3/t33-,34-,35-,36-,37-,38-,39-,40-,41-,42-,43-,44+,45+,46+,47+,48+,49-,50-,51-,52-,53-,54-,55-,56+,57-,58-,59-,60-,61-,62+/m1/s1. The van der Waals surface area contributed by atoms with E-state index in [2.05, 4.69) is 0 Å². The van der Waals surface area contributed by atoms with Crippen molar-refractivity contribution in [3.05, 3.63) is 35.4 Å². The highest BCUT2D eigenvalue weighted by molar-refractivity contribution is 5.22. The molecule has 1 aromatic carbocycles. The Morgan fingerprint density at radius 1 is 0.298 bits per heavy atom. The third-order valence-electron chi connectivity index (χ3n) is 18.3. The molecule has 6 fully saturated rings. The van der Waals surface area contributed by atoms with Crippen LogP contribution in [0, 0.1) is 0 Å². The number of ether oxygens (including phenoxy) is 31. The quantitative estimate of drug-likeness (QED) is 0.140. The summed E-state index contributed by atoms with van der Waals surface area (Å²) >= 11 is 0. The molecule has 21 aliphatic rings. The van der Waals surface area contributed by atoms with E-state index in [0.29, 0.717) is 0 Å². The molecule has 94 heavy (non-hydrogen) atoms. The smallest absolute Gasteiger partial charge is 0.227 e. The summed E-state index contributed by atoms with van der Waals surface area (Å²) in [6.07, 6.45) is -29.9. The molecular formula is C62H104O32. The first kappa shape index (κ1) is 77.7. The second-order valence-electron chi connectivity index (χ2n) is 23.5. The van der Waals surface area contributed by atoms with E-state index < -0.39 is 184 Å². The lowest BCUT2D eigenvalue weighted by Crippen LogP contribution is -2.72. The fraction of sp³-hybridized carbons (Fsp3) is 0.903. The van der Waals surface area contributed by atoms with Gasteiger partial charge >= 0.3 is 0 Å². The summed E-state index contributed by atoms with van der Waals surface area (Å²) in [4.78, 5) is 0. The zero-order valence-corrected chi connectivity index (χ0v) is 57.3. The number of hydrogen-bond donors (Lipinski definition) is 1. The molecule has 0 aliphatic carbocycles. The van der Waals surface area contributed by atoms with Crippen molar-refractivity contribution in [2.45, 2.75) is 197 Å². The molecule has 32 heteroatoms. The van der Waals surface area contributed by atoms with E-state index in [1.807, 2.05) is 24.3 Å². The van der Waals surface area contributed by atoms with Crippen LogP contribution in [-0.2, 0) is 160 Å². The first-order valence-electron chi connectivity index (χ1n) is 31.2. The summed E-state index contributed by atoms with van der Waals surface area (Å²) < 4.78 is 197. The monoisotopic (exact) mass is 1360 g/mol. The Kier molecular flexibility index (Phi) is 31.0. The van der Waals surface area contributed by atoms with Crippen LogP contribution in [0.2, 0.25) is 0 Å². The van der Waals surface area contributed by atoms with Gasteiger partial charge in [-0.1, -0.05) is 24.3 Å². The minimum absolute atomic E-state index is 0.00108. The number of rotatable bonds is 24. The SMILES string of the molecule is COC[C@H]1O[C@@H]2O[C@H]3[C@H](OC)[C@@H](OC)[C@@H](O[C@H]4[C@H](OC)[C@@H](OC)[C@@H](O[C@H]5[C@H](OC)[C@@H](OC)[C@@H](O[C@H]6[C@H](OC)[C@@H](OC)[C@H](O[C@@H]6COC)O[C@]6(O)[C@H](OC)[C@@H](OC)[C@@H](OCc7ccc(cc7)CO[C@H]1[C@H](OC)[C@H]2OC)O[C@@H]6COC)O[C@@H]5COC)O[C@@H]4COC)O[C@@H]3COC. The van der Waals surface area contributed by atoms with Crippen LogP contribution in [0.3, 0.4) is 0 Å². The van der Waals surface area contributed by atoms with E-state index in [1.54, 1.807) is 14.2 Å². The molecule has 0 saturated carbocycles. The molecule has 21 heterocycles. The first-order chi connectivity index (χ1) is 45.7. The molecule has 6 saturated heterocycles. The summed E-state index contributed by atoms with van der Waals surface area (Å²) in [6.45, 7) is -0.133. The summed E-state index contributed by atoms with van der Waals surface area (Å²) in [6, 6.07) is 7.58. The average molecular weight is 1360 g/mol. The number of benzene rings is 1. The molecule has 1 N–H and O–H groups in total. The van der Waals surface area contributed by atoms with Crippen LogP contribution < -0.4 is 0 Å². The lowest BCUT2D eigenvalue weighted by Gasteiger charge is -2.53. The van der Waals surface area contributed by atoms with E-state index in [4.69, 9.17) is 147 Å². The zero-order valence-electron chi connectivity index (χ0n) is 57.3. The third kappa shape index (κ3) is 16.9. The number of hydrogen-bond acceptors (Lipinski definition) is 32. The van der Waals surface area contributed by atoms with Crippen molar-refractivity contribution < 1.29 is 152 Å². The second kappa shape index (κ2) is 37.6. The van der Waals surface area contributed by atoms with Gasteiger partial charge in [0.15, 0.2) is 37.7 Å². The van der Waals surface area contributed by atoms with E-state index in [9.17, 15) is 5.11 Å². The Hall–Kier alpha value is -2.06. The molecule has 0 spiro atoms. The Morgan fingerprint density at radius 3 is 0.872 bits per heavy atom. The lowest BCUT2D eigenvalue weighted by atomic mass is 9.93. The molecule has 1 aromatic rings. The minimum atomic E-state index is -2.37. The fourth-order valence-corrected chi connectivity index (χ4v) is 13.8. The molecule has 544 valence electrons. The average Bonchev–Trinajstić information content (AvgIpc) is 0.757. The van der Waals surface area contributed by atoms with Gasteiger partial charge in [-0.15, -0.1) is 0 Å². The second-order valence-corrected chi connectivity index (χ2v) is 23.5. The number of aliphatic hydroxyl groups is 1. The Bertz CT molecular complexity index is 2290. The van der Waals surface area contributed by atoms with Crippen LogP contribution in [0.15, 0.2) is 24.3 Å². The largest absolute Gasteiger partial charge is 0.382 e. The van der Waals surface area contributed by atoms with Crippen LogP contribution in [0.5, 0.6) is 0 Å². The third-order valence-corrected chi connectivity index (χ3v) is 18.3. The van der Waals surface area contributed by atoms with Gasteiger partial charge in [0.25, 0.3) is 0 Å². The summed E-state index contributed by atoms with van der Waals surface area (Å²) in [7, 11) is 26.9. The van der Waals surface area contributed by atoms with Gasteiger partial charge in [-0.25, -0.2) is 0 Å². The Morgan fingerprint density at radius 2 is 0.574 bits per heavy atom. The maximum atomic E-state index is 13.0. The van der Waals surface area contributed by atoms with Crippen LogP contribution in [0.1, 0.15) is 11.1 Å². The van der Waals surface area contributed by atoms with Gasteiger partial charge in [-0.2, -0.15) is 0 Å². The fourth-order valence-electron chi connectivity index (χ4n) is 13.8. The van der Waals surface area contributed by atoms with Crippen LogP contribution in [0.25, 0.3) is 0 Å². The summed E-state index contributed by atoms with van der Waals surface area (Å²) in [5.41, 5.74) is 1.57. The molecule has 0 radical (unpaired) electrons. The van der Waals surface area contributed by atoms with Crippen LogP contribution in [-0.4, -0.2) is 357 Å². The predicted molar refractivity (Wildman–Crippen MR) is 318 cm³/mol. The van der Waals surface area contributed by atoms with Crippen molar-refractivity contribution in [2.24, 2.45) is 0 Å². The number of methoxy groups -OCH3 is 18. The zero-order chi connectivity index (χ0) is 67.8. The molecule has 0 amide bonds. The molecular weight excluding hydrogens is 1260 g/mol. The molecule has 0 unspecified atom stereocenters. The summed E-state index contributed by atoms with van der Waals surface area (Å²) in [5.74, 6) is -2.37. The van der Waals surface area contributed by atoms with Gasteiger partial charge in [-0.3, -0.25) is 0 Å².